The van der Waals surface area contributed by atoms with Crippen LogP contribution in [0.4, 0.5) is 0 Å². The second-order valence-corrected chi connectivity index (χ2v) is 6.30. The van der Waals surface area contributed by atoms with Crippen LogP contribution in [-0.2, 0) is 6.54 Å². The zero-order valence-electron chi connectivity index (χ0n) is 12.7. The summed E-state index contributed by atoms with van der Waals surface area (Å²) in [6, 6.07) is 5.24. The molecule has 1 saturated carbocycles. The lowest BCUT2D eigenvalue weighted by Gasteiger charge is -2.29. The minimum atomic E-state index is -0.898. The van der Waals surface area contributed by atoms with Crippen molar-refractivity contribution in [3.8, 4) is 0 Å². The molecule has 0 aliphatic heterocycles. The van der Waals surface area contributed by atoms with Gasteiger partial charge in [0.25, 0.3) is 0 Å². The molecule has 0 amide bonds. The molecule has 0 saturated heterocycles. The van der Waals surface area contributed by atoms with Crippen molar-refractivity contribution in [1.82, 2.24) is 9.55 Å². The highest BCUT2D eigenvalue weighted by atomic mass is 16.4. The molecule has 2 atom stereocenters. The van der Waals surface area contributed by atoms with Crippen molar-refractivity contribution in [3.05, 3.63) is 29.6 Å². The number of carbonyl (C=O) groups is 1. The predicted molar refractivity (Wildman–Crippen MR) is 82.6 cm³/mol. The molecule has 4 nitrogen and oxygen atoms in total. The standard InChI is InChI=1S/C17H22N2O2/c1-11-5-3-4-6-14(11)10-19-12(2)18-15-9-13(17(20)21)7-8-16(15)19/h7-9,11,14H,3-6,10H2,1-2H3,(H,20,21). The predicted octanol–water partition coefficient (Wildman–Crippen LogP) is 3.87. The summed E-state index contributed by atoms with van der Waals surface area (Å²) in [7, 11) is 0. The van der Waals surface area contributed by atoms with E-state index in [1.165, 1.54) is 25.7 Å². The molecule has 3 rings (SSSR count). The molecule has 4 heteroatoms. The number of rotatable bonds is 3. The van der Waals surface area contributed by atoms with E-state index in [4.69, 9.17) is 5.11 Å². The summed E-state index contributed by atoms with van der Waals surface area (Å²) < 4.78 is 2.26. The van der Waals surface area contributed by atoms with Gasteiger partial charge in [0.1, 0.15) is 5.82 Å². The van der Waals surface area contributed by atoms with Crippen molar-refractivity contribution >= 4 is 17.0 Å². The summed E-state index contributed by atoms with van der Waals surface area (Å²) in [4.78, 5) is 15.6. The van der Waals surface area contributed by atoms with Crippen molar-refractivity contribution < 1.29 is 9.90 Å². The van der Waals surface area contributed by atoms with Gasteiger partial charge in [-0.3, -0.25) is 0 Å². The Balaban J connectivity index is 1.94. The number of nitrogens with zero attached hydrogens (tertiary/aromatic N) is 2. The summed E-state index contributed by atoms with van der Waals surface area (Å²) >= 11 is 0. The number of fused-ring (bicyclic) bond motifs is 1. The Morgan fingerprint density at radius 1 is 1.38 bits per heavy atom. The summed E-state index contributed by atoms with van der Waals surface area (Å²) in [5.41, 5.74) is 2.14. The first-order valence-electron chi connectivity index (χ1n) is 7.76. The van der Waals surface area contributed by atoms with E-state index in [0.29, 0.717) is 11.5 Å². The van der Waals surface area contributed by atoms with Gasteiger partial charge >= 0.3 is 5.97 Å². The van der Waals surface area contributed by atoms with Crippen LogP contribution in [0.2, 0.25) is 0 Å². The molecule has 1 aliphatic carbocycles. The zero-order chi connectivity index (χ0) is 15.0. The monoisotopic (exact) mass is 286 g/mol. The lowest BCUT2D eigenvalue weighted by Crippen LogP contribution is -2.22. The first-order valence-corrected chi connectivity index (χ1v) is 7.76. The summed E-state index contributed by atoms with van der Waals surface area (Å²) in [6.45, 7) is 5.35. The highest BCUT2D eigenvalue weighted by molar-refractivity contribution is 5.92. The van der Waals surface area contributed by atoms with E-state index < -0.39 is 5.97 Å². The third-order valence-electron chi connectivity index (χ3n) is 4.89. The normalized spacial score (nSPS) is 22.6. The van der Waals surface area contributed by atoms with Crippen molar-refractivity contribution in [2.24, 2.45) is 11.8 Å². The van der Waals surface area contributed by atoms with Gasteiger partial charge in [-0.15, -0.1) is 0 Å². The van der Waals surface area contributed by atoms with Gasteiger partial charge in [0.2, 0.25) is 0 Å². The number of benzene rings is 1. The van der Waals surface area contributed by atoms with E-state index in [0.717, 1.165) is 29.3 Å². The van der Waals surface area contributed by atoms with Crippen molar-refractivity contribution in [2.45, 2.75) is 46.1 Å². The van der Waals surface area contributed by atoms with Crippen LogP contribution in [0.15, 0.2) is 18.2 Å². The summed E-state index contributed by atoms with van der Waals surface area (Å²) in [6.07, 6.45) is 5.28. The number of carboxylic acid groups (broad SMARTS) is 1. The smallest absolute Gasteiger partial charge is 0.335 e. The molecular weight excluding hydrogens is 264 g/mol. The Labute approximate surface area is 124 Å². The fourth-order valence-corrected chi connectivity index (χ4v) is 3.51. The molecule has 0 radical (unpaired) electrons. The Hall–Kier alpha value is -1.84. The van der Waals surface area contributed by atoms with Crippen LogP contribution in [0.5, 0.6) is 0 Å². The van der Waals surface area contributed by atoms with Gasteiger partial charge in [-0.05, 0) is 43.4 Å². The Morgan fingerprint density at radius 3 is 2.86 bits per heavy atom. The highest BCUT2D eigenvalue weighted by Crippen LogP contribution is 2.32. The number of aromatic carboxylic acids is 1. The molecule has 0 bridgehead atoms. The van der Waals surface area contributed by atoms with E-state index in [2.05, 4.69) is 16.5 Å². The second kappa shape index (κ2) is 5.51. The Morgan fingerprint density at radius 2 is 2.14 bits per heavy atom. The molecule has 1 aromatic heterocycles. The van der Waals surface area contributed by atoms with Crippen LogP contribution in [0.3, 0.4) is 0 Å². The lowest BCUT2D eigenvalue weighted by atomic mass is 9.80. The van der Waals surface area contributed by atoms with Crippen LogP contribution in [0, 0.1) is 18.8 Å². The van der Waals surface area contributed by atoms with Crippen LogP contribution < -0.4 is 0 Å². The van der Waals surface area contributed by atoms with Gasteiger partial charge in [0.05, 0.1) is 16.6 Å². The van der Waals surface area contributed by atoms with Gasteiger partial charge in [0, 0.05) is 6.54 Å². The third kappa shape index (κ3) is 2.67. The minimum Gasteiger partial charge on any atom is -0.478 e. The molecule has 1 N–H and O–H groups in total. The largest absolute Gasteiger partial charge is 0.478 e. The molecule has 1 aromatic carbocycles. The van der Waals surface area contributed by atoms with Crippen LogP contribution in [0.1, 0.15) is 48.8 Å². The van der Waals surface area contributed by atoms with Crippen molar-refractivity contribution in [1.29, 1.82) is 0 Å². The number of carboxylic acids is 1. The number of hydrogen-bond acceptors (Lipinski definition) is 2. The highest BCUT2D eigenvalue weighted by Gasteiger charge is 2.23. The third-order valence-corrected chi connectivity index (χ3v) is 4.89. The molecule has 2 unspecified atom stereocenters. The molecule has 21 heavy (non-hydrogen) atoms. The fourth-order valence-electron chi connectivity index (χ4n) is 3.51. The lowest BCUT2D eigenvalue weighted by molar-refractivity contribution is 0.0697. The average Bonchev–Trinajstić information content (AvgIpc) is 2.76. The molecule has 1 heterocycles. The van der Waals surface area contributed by atoms with Crippen molar-refractivity contribution in [3.63, 3.8) is 0 Å². The molecule has 2 aromatic rings. The summed E-state index contributed by atoms with van der Waals surface area (Å²) in [5.74, 6) is 1.54. The van der Waals surface area contributed by atoms with E-state index in [9.17, 15) is 4.79 Å². The maximum atomic E-state index is 11.1. The molecule has 112 valence electrons. The van der Waals surface area contributed by atoms with Gasteiger partial charge in [-0.25, -0.2) is 9.78 Å². The van der Waals surface area contributed by atoms with Gasteiger partial charge < -0.3 is 9.67 Å². The average molecular weight is 286 g/mol. The van der Waals surface area contributed by atoms with Gasteiger partial charge in [0.15, 0.2) is 0 Å². The second-order valence-electron chi connectivity index (χ2n) is 6.30. The maximum Gasteiger partial charge on any atom is 0.335 e. The first kappa shape index (κ1) is 14.1. The van der Waals surface area contributed by atoms with E-state index in [-0.39, 0.29) is 0 Å². The van der Waals surface area contributed by atoms with Crippen molar-refractivity contribution in [2.75, 3.05) is 0 Å². The van der Waals surface area contributed by atoms with Gasteiger partial charge in [-0.1, -0.05) is 26.2 Å². The van der Waals surface area contributed by atoms with E-state index in [1.54, 1.807) is 12.1 Å². The number of aromatic nitrogens is 2. The maximum absolute atomic E-state index is 11.1. The van der Waals surface area contributed by atoms with E-state index >= 15 is 0 Å². The molecule has 1 aliphatic rings. The van der Waals surface area contributed by atoms with Crippen LogP contribution in [0.25, 0.3) is 11.0 Å². The minimum absolute atomic E-state index is 0.304. The van der Waals surface area contributed by atoms with Crippen LogP contribution >= 0.6 is 0 Å². The van der Waals surface area contributed by atoms with Crippen LogP contribution in [-0.4, -0.2) is 20.6 Å². The molecule has 0 spiro atoms. The molecular formula is C17H22N2O2. The number of hydrogen-bond donors (Lipinski definition) is 1. The Bertz CT molecular complexity index is 675. The number of aryl methyl sites for hydroxylation is 1. The zero-order valence-corrected chi connectivity index (χ0v) is 12.7. The van der Waals surface area contributed by atoms with E-state index in [1.807, 2.05) is 13.0 Å². The first-order chi connectivity index (χ1) is 10.1. The Kier molecular flexibility index (Phi) is 3.70. The van der Waals surface area contributed by atoms with Gasteiger partial charge in [-0.2, -0.15) is 0 Å². The summed E-state index contributed by atoms with van der Waals surface area (Å²) in [5, 5.41) is 9.08. The topological polar surface area (TPSA) is 55.1 Å². The number of imidazole rings is 1. The SMILES string of the molecule is Cc1nc2cc(C(=O)O)ccc2n1CC1CCCCC1C. The quantitative estimate of drug-likeness (QED) is 0.931. The molecule has 1 fully saturated rings. The fraction of sp³-hybridized carbons (Fsp3) is 0.529.